The summed E-state index contributed by atoms with van der Waals surface area (Å²) in [5.41, 5.74) is 5.73. The molecule has 12 heavy (non-hydrogen) atoms. The van der Waals surface area contributed by atoms with Crippen molar-refractivity contribution in [3.05, 3.63) is 22.4 Å². The predicted octanol–water partition coefficient (Wildman–Crippen LogP) is 1.31. The summed E-state index contributed by atoms with van der Waals surface area (Å²) < 4.78 is 4.50. The van der Waals surface area contributed by atoms with Gasteiger partial charge in [-0.2, -0.15) is 0 Å². The summed E-state index contributed by atoms with van der Waals surface area (Å²) in [5.74, 6) is -0.268. The van der Waals surface area contributed by atoms with Gasteiger partial charge in [-0.15, -0.1) is 11.3 Å². The molecule has 2 N–H and O–H groups in total. The number of carbonyl (C=O) groups is 1. The molecular weight excluding hydrogens is 174 g/mol. The first kappa shape index (κ1) is 9.22. The average molecular weight is 185 g/mol. The highest BCUT2D eigenvalue weighted by atomic mass is 32.1. The summed E-state index contributed by atoms with van der Waals surface area (Å²) in [6.45, 7) is 0. The van der Waals surface area contributed by atoms with Gasteiger partial charge in [-0.25, -0.2) is 0 Å². The predicted molar refractivity (Wildman–Crippen MR) is 47.9 cm³/mol. The van der Waals surface area contributed by atoms with E-state index in [9.17, 15) is 4.79 Å². The largest absolute Gasteiger partial charge is 0.469 e. The molecule has 66 valence electrons. The molecule has 0 aliphatic heterocycles. The second-order valence-corrected chi connectivity index (χ2v) is 3.38. The molecule has 0 saturated carbocycles. The fourth-order valence-corrected chi connectivity index (χ4v) is 1.60. The minimum absolute atomic E-state index is 0.225. The van der Waals surface area contributed by atoms with Gasteiger partial charge >= 0.3 is 5.97 Å². The van der Waals surface area contributed by atoms with Crippen LogP contribution in [0.5, 0.6) is 0 Å². The Hall–Kier alpha value is -0.870. The van der Waals surface area contributed by atoms with E-state index in [0.29, 0.717) is 0 Å². The first-order chi connectivity index (χ1) is 5.74. The molecule has 0 bridgehead atoms. The zero-order chi connectivity index (χ0) is 8.97. The lowest BCUT2D eigenvalue weighted by molar-refractivity contribution is -0.141. The molecule has 1 aromatic heterocycles. The molecule has 0 radical (unpaired) electrons. The highest BCUT2D eigenvalue weighted by Gasteiger charge is 2.11. The van der Waals surface area contributed by atoms with Gasteiger partial charge in [0, 0.05) is 10.9 Å². The van der Waals surface area contributed by atoms with Gasteiger partial charge in [-0.05, 0) is 11.4 Å². The van der Waals surface area contributed by atoms with Gasteiger partial charge < -0.3 is 10.5 Å². The van der Waals surface area contributed by atoms with Crippen molar-refractivity contribution < 1.29 is 9.53 Å². The number of rotatable bonds is 3. The Morgan fingerprint density at radius 2 is 2.58 bits per heavy atom. The molecule has 0 amide bonds. The Kier molecular flexibility index (Phi) is 3.25. The summed E-state index contributed by atoms with van der Waals surface area (Å²) in [6, 6.07) is 3.60. The van der Waals surface area contributed by atoms with Gasteiger partial charge in [0.1, 0.15) is 0 Å². The van der Waals surface area contributed by atoms with E-state index in [-0.39, 0.29) is 18.4 Å². The number of thiophene rings is 1. The minimum atomic E-state index is -0.268. The molecule has 0 aromatic carbocycles. The molecule has 0 aliphatic rings. The molecule has 0 saturated heterocycles. The third-order valence-corrected chi connectivity index (χ3v) is 2.53. The summed E-state index contributed by atoms with van der Waals surface area (Å²) in [6.07, 6.45) is 0.247. The zero-order valence-electron chi connectivity index (χ0n) is 6.82. The molecule has 0 spiro atoms. The van der Waals surface area contributed by atoms with Crippen molar-refractivity contribution in [2.45, 2.75) is 12.5 Å². The van der Waals surface area contributed by atoms with Gasteiger partial charge in [-0.3, -0.25) is 4.79 Å². The van der Waals surface area contributed by atoms with E-state index in [1.54, 1.807) is 11.3 Å². The van der Waals surface area contributed by atoms with Crippen LogP contribution in [0.2, 0.25) is 0 Å². The van der Waals surface area contributed by atoms with Gasteiger partial charge in [0.25, 0.3) is 0 Å². The minimum Gasteiger partial charge on any atom is -0.469 e. The van der Waals surface area contributed by atoms with Crippen LogP contribution < -0.4 is 5.73 Å². The molecule has 0 fully saturated rings. The Morgan fingerprint density at radius 3 is 3.08 bits per heavy atom. The molecule has 0 aliphatic carbocycles. The average Bonchev–Trinajstić information content (AvgIpc) is 2.56. The third kappa shape index (κ3) is 2.32. The van der Waals surface area contributed by atoms with Crippen molar-refractivity contribution in [3.63, 3.8) is 0 Å². The molecule has 0 unspecified atom stereocenters. The lowest BCUT2D eigenvalue weighted by Crippen LogP contribution is -2.14. The Morgan fingerprint density at radius 1 is 1.83 bits per heavy atom. The normalized spacial score (nSPS) is 12.5. The van der Waals surface area contributed by atoms with Crippen LogP contribution in [0.3, 0.4) is 0 Å². The molecular formula is C8H11NO2S. The third-order valence-electron chi connectivity index (χ3n) is 1.52. The summed E-state index contributed by atoms with van der Waals surface area (Å²) in [7, 11) is 1.36. The Labute approximate surface area is 75.1 Å². The van der Waals surface area contributed by atoms with Crippen molar-refractivity contribution >= 4 is 17.3 Å². The molecule has 1 atom stereocenters. The van der Waals surface area contributed by atoms with Crippen LogP contribution in [0.15, 0.2) is 17.5 Å². The number of hydrogen-bond donors (Lipinski definition) is 1. The van der Waals surface area contributed by atoms with Gasteiger partial charge in [-0.1, -0.05) is 6.07 Å². The highest BCUT2D eigenvalue weighted by Crippen LogP contribution is 2.19. The smallest absolute Gasteiger partial charge is 0.307 e. The van der Waals surface area contributed by atoms with Crippen molar-refractivity contribution in [1.82, 2.24) is 0 Å². The first-order valence-electron chi connectivity index (χ1n) is 3.60. The van der Waals surface area contributed by atoms with E-state index < -0.39 is 0 Å². The Balaban J connectivity index is 2.49. The monoisotopic (exact) mass is 185 g/mol. The number of esters is 1. The maximum absolute atomic E-state index is 10.8. The lowest BCUT2D eigenvalue weighted by atomic mass is 10.2. The second-order valence-electron chi connectivity index (χ2n) is 2.40. The zero-order valence-corrected chi connectivity index (χ0v) is 7.64. The van der Waals surface area contributed by atoms with Crippen molar-refractivity contribution in [1.29, 1.82) is 0 Å². The van der Waals surface area contributed by atoms with E-state index in [1.165, 1.54) is 7.11 Å². The maximum atomic E-state index is 10.8. The number of carbonyl (C=O) groups excluding carboxylic acids is 1. The van der Waals surface area contributed by atoms with Crippen LogP contribution in [0.1, 0.15) is 17.3 Å². The number of ether oxygens (including phenoxy) is 1. The van der Waals surface area contributed by atoms with Gasteiger partial charge in [0.05, 0.1) is 13.5 Å². The quantitative estimate of drug-likeness (QED) is 0.722. The van der Waals surface area contributed by atoms with Crippen LogP contribution >= 0.6 is 11.3 Å². The van der Waals surface area contributed by atoms with Gasteiger partial charge in [0.15, 0.2) is 0 Å². The molecule has 1 heterocycles. The van der Waals surface area contributed by atoms with Crippen molar-refractivity contribution in [2.24, 2.45) is 5.73 Å². The molecule has 4 heteroatoms. The van der Waals surface area contributed by atoms with Crippen LogP contribution in [0.4, 0.5) is 0 Å². The van der Waals surface area contributed by atoms with E-state index in [4.69, 9.17) is 5.73 Å². The van der Waals surface area contributed by atoms with Crippen LogP contribution in [0.25, 0.3) is 0 Å². The lowest BCUT2D eigenvalue weighted by Gasteiger charge is -2.06. The fourth-order valence-electron chi connectivity index (χ4n) is 0.866. The van der Waals surface area contributed by atoms with Gasteiger partial charge in [0.2, 0.25) is 0 Å². The summed E-state index contributed by atoms with van der Waals surface area (Å²) in [5, 5.41) is 1.94. The second kappa shape index (κ2) is 4.23. The standard InChI is InChI=1S/C8H11NO2S/c1-11-8(10)5-6(9)7-3-2-4-12-7/h2-4,6H,5,9H2,1H3/t6-/m1/s1. The topological polar surface area (TPSA) is 52.3 Å². The number of nitrogens with two attached hydrogens (primary N) is 1. The van der Waals surface area contributed by atoms with Crippen LogP contribution in [0, 0.1) is 0 Å². The van der Waals surface area contributed by atoms with Crippen LogP contribution in [-0.2, 0) is 9.53 Å². The SMILES string of the molecule is COC(=O)C[C@@H](N)c1cccs1. The molecule has 1 aromatic rings. The summed E-state index contributed by atoms with van der Waals surface area (Å²) >= 11 is 1.55. The first-order valence-corrected chi connectivity index (χ1v) is 4.48. The number of methoxy groups -OCH3 is 1. The number of hydrogen-bond acceptors (Lipinski definition) is 4. The summed E-state index contributed by atoms with van der Waals surface area (Å²) in [4.78, 5) is 11.8. The van der Waals surface area contributed by atoms with E-state index in [2.05, 4.69) is 4.74 Å². The molecule has 3 nitrogen and oxygen atoms in total. The molecule has 1 rings (SSSR count). The van der Waals surface area contributed by atoms with Crippen LogP contribution in [-0.4, -0.2) is 13.1 Å². The highest BCUT2D eigenvalue weighted by molar-refractivity contribution is 7.10. The van der Waals surface area contributed by atoms with E-state index >= 15 is 0 Å². The van der Waals surface area contributed by atoms with Crippen molar-refractivity contribution in [2.75, 3.05) is 7.11 Å². The van der Waals surface area contributed by atoms with Crippen molar-refractivity contribution in [3.8, 4) is 0 Å². The Bertz CT molecular complexity index is 246. The van der Waals surface area contributed by atoms with E-state index in [1.807, 2.05) is 17.5 Å². The van der Waals surface area contributed by atoms with E-state index in [0.717, 1.165) is 4.88 Å². The fraction of sp³-hybridized carbons (Fsp3) is 0.375. The maximum Gasteiger partial charge on any atom is 0.307 e.